The van der Waals surface area contributed by atoms with Gasteiger partial charge in [0, 0.05) is 6.66 Å². The Bertz CT molecular complexity index is 566. The number of rotatable bonds is 31. The zero-order valence-corrected chi connectivity index (χ0v) is 33.0. The second-order valence-electron chi connectivity index (χ2n) is 13.5. The molecule has 0 aliphatic rings. The van der Waals surface area contributed by atoms with E-state index in [0.717, 1.165) is 25.7 Å². The molecule has 0 radical (unpaired) electrons. The van der Waals surface area contributed by atoms with Gasteiger partial charge in [-0.05, 0) is 32.1 Å². The zero-order chi connectivity index (χ0) is 30.0. The van der Waals surface area contributed by atoms with Gasteiger partial charge in [-0.2, -0.15) is 4.31 Å². The van der Waals surface area contributed by atoms with Crippen LogP contribution in [-0.4, -0.2) is 30.0 Å². The second-order valence-corrected chi connectivity index (χ2v) is 19.4. The van der Waals surface area contributed by atoms with Gasteiger partial charge in [-0.25, -0.2) is 0 Å². The largest absolute Gasteiger partial charge is 0.358 e. The standard InChI is InChI=1S/C35H74O3P2.HI/c1-7-10-12-14-16-18-20-22-24-26-28-30-33-35(32-9-3,39(4,5)38-40(6,36)37)34-31-29-27-25-23-21-19-17-15-13-11-8-2;/h7-34H2,1-6H3;1H/p+1. The van der Waals surface area contributed by atoms with Crippen molar-refractivity contribution in [3.8, 4) is 0 Å². The van der Waals surface area contributed by atoms with Gasteiger partial charge in [0.25, 0.3) is 0 Å². The molecule has 0 heterocycles. The lowest BCUT2D eigenvalue weighted by atomic mass is 9.89. The first-order chi connectivity index (χ1) is 19.1. The number of hydrogen-bond acceptors (Lipinski definition) is 2. The van der Waals surface area contributed by atoms with Crippen LogP contribution >= 0.6 is 39.1 Å². The number of hydrogen-bond donors (Lipinski definition) is 1. The van der Waals surface area contributed by atoms with Crippen molar-refractivity contribution in [1.29, 1.82) is 0 Å². The van der Waals surface area contributed by atoms with Crippen molar-refractivity contribution in [2.45, 2.75) is 206 Å². The highest BCUT2D eigenvalue weighted by Gasteiger charge is 2.54. The van der Waals surface area contributed by atoms with Crippen LogP contribution in [0.25, 0.3) is 0 Å². The van der Waals surface area contributed by atoms with Gasteiger partial charge in [0.15, 0.2) is 7.49 Å². The van der Waals surface area contributed by atoms with E-state index in [4.69, 9.17) is 4.31 Å². The minimum absolute atomic E-state index is 0. The van der Waals surface area contributed by atoms with Gasteiger partial charge in [-0.3, -0.25) is 4.57 Å². The summed E-state index contributed by atoms with van der Waals surface area (Å²) in [6.07, 6.45) is 37.4. The summed E-state index contributed by atoms with van der Waals surface area (Å²) in [4.78, 5) is 10.2. The van der Waals surface area contributed by atoms with Crippen LogP contribution in [0.5, 0.6) is 0 Å². The Hall–Kier alpha value is 1.31. The summed E-state index contributed by atoms with van der Waals surface area (Å²) in [5.74, 6) is 0. The minimum Gasteiger partial charge on any atom is -0.322 e. The monoisotopic (exact) mass is 733 g/mol. The summed E-state index contributed by atoms with van der Waals surface area (Å²) in [6, 6.07) is 0. The molecule has 1 unspecified atom stereocenters. The number of unbranched alkanes of at least 4 members (excludes halogenated alkanes) is 22. The molecule has 0 fully saturated rings. The molecule has 0 aliphatic heterocycles. The summed E-state index contributed by atoms with van der Waals surface area (Å²) >= 11 is 0. The van der Waals surface area contributed by atoms with Crippen molar-refractivity contribution in [3.05, 3.63) is 0 Å². The molecule has 0 aromatic carbocycles. The molecule has 0 rings (SSSR count). The molecule has 41 heavy (non-hydrogen) atoms. The summed E-state index contributed by atoms with van der Waals surface area (Å²) in [7, 11) is -5.50. The fourth-order valence-electron chi connectivity index (χ4n) is 6.70. The molecule has 250 valence electrons. The zero-order valence-electron chi connectivity index (χ0n) is 28.9. The maximum atomic E-state index is 12.4. The Balaban J connectivity index is 0. The Labute approximate surface area is 277 Å². The molecule has 0 amide bonds. The topological polar surface area (TPSA) is 46.5 Å². The molecule has 0 aliphatic carbocycles. The third-order valence-corrected chi connectivity index (χ3v) is 15.0. The van der Waals surface area contributed by atoms with Crippen molar-refractivity contribution in [1.82, 2.24) is 0 Å². The molecule has 0 spiro atoms. The lowest BCUT2D eigenvalue weighted by molar-refractivity contribution is 0.356. The Kier molecular flexibility index (Phi) is 31.2. The quantitative estimate of drug-likeness (QED) is 0.0438. The predicted octanol–water partition coefficient (Wildman–Crippen LogP) is 14.3. The lowest BCUT2D eigenvalue weighted by Gasteiger charge is -2.40. The highest BCUT2D eigenvalue weighted by molar-refractivity contribution is 14.0. The highest BCUT2D eigenvalue weighted by atomic mass is 127. The summed E-state index contributed by atoms with van der Waals surface area (Å²) in [5.41, 5.74) is 0. The first kappa shape index (κ1) is 44.4. The Morgan fingerprint density at radius 1 is 0.512 bits per heavy atom. The van der Waals surface area contributed by atoms with Crippen LogP contribution in [0.2, 0.25) is 0 Å². The summed E-state index contributed by atoms with van der Waals surface area (Å²) in [5, 5.41) is 0.0904. The van der Waals surface area contributed by atoms with E-state index in [1.165, 1.54) is 161 Å². The molecule has 3 nitrogen and oxygen atoms in total. The molecule has 0 saturated heterocycles. The van der Waals surface area contributed by atoms with Gasteiger partial charge in [0.2, 0.25) is 0 Å². The first-order valence-electron chi connectivity index (χ1n) is 18.0. The molecule has 0 bridgehead atoms. The second kappa shape index (κ2) is 28.8. The van der Waals surface area contributed by atoms with Crippen molar-refractivity contribution in [2.24, 2.45) is 0 Å². The molecular weight excluding hydrogens is 657 g/mol. The SMILES string of the molecule is CCCCCCCCCCCCCCC(CCC)(CCCCCCCCCCCCCC)[P+](C)(C)OP(C)(=O)O.I. The predicted molar refractivity (Wildman–Crippen MR) is 200 cm³/mol. The van der Waals surface area contributed by atoms with E-state index in [9.17, 15) is 9.46 Å². The maximum absolute atomic E-state index is 12.4. The van der Waals surface area contributed by atoms with Crippen LogP contribution < -0.4 is 0 Å². The van der Waals surface area contributed by atoms with Crippen LogP contribution in [0.3, 0.4) is 0 Å². The third kappa shape index (κ3) is 25.2. The molecule has 1 atom stereocenters. The van der Waals surface area contributed by atoms with Crippen LogP contribution in [0, 0.1) is 0 Å². The van der Waals surface area contributed by atoms with E-state index in [0.29, 0.717) is 0 Å². The van der Waals surface area contributed by atoms with Crippen LogP contribution in [0.4, 0.5) is 0 Å². The van der Waals surface area contributed by atoms with Gasteiger partial charge in [-0.15, -0.1) is 24.0 Å². The normalized spacial score (nSPS) is 13.7. The van der Waals surface area contributed by atoms with E-state index in [2.05, 4.69) is 34.1 Å². The molecular formula is C35H76IO3P2+. The molecule has 6 heteroatoms. The molecule has 1 N–H and O–H groups in total. The van der Waals surface area contributed by atoms with Gasteiger partial charge in [0.1, 0.15) is 5.16 Å². The fraction of sp³-hybridized carbons (Fsp3) is 1.00. The average Bonchev–Trinajstić information content (AvgIpc) is 2.88. The third-order valence-electron chi connectivity index (χ3n) is 9.20. The van der Waals surface area contributed by atoms with E-state index in [-0.39, 0.29) is 29.1 Å². The van der Waals surface area contributed by atoms with Gasteiger partial charge in [0.05, 0.1) is 13.3 Å². The van der Waals surface area contributed by atoms with Crippen molar-refractivity contribution >= 4 is 39.1 Å². The van der Waals surface area contributed by atoms with E-state index in [1.54, 1.807) is 0 Å². The van der Waals surface area contributed by atoms with Crippen LogP contribution in [-0.2, 0) is 8.88 Å². The molecule has 0 aromatic rings. The summed E-state index contributed by atoms with van der Waals surface area (Å²) < 4.78 is 18.5. The molecule has 0 aromatic heterocycles. The fourth-order valence-corrected chi connectivity index (χ4v) is 12.6. The maximum Gasteiger partial charge on any atom is 0.358 e. The summed E-state index contributed by atoms with van der Waals surface area (Å²) in [6.45, 7) is 12.7. The van der Waals surface area contributed by atoms with E-state index < -0.39 is 15.1 Å². The van der Waals surface area contributed by atoms with Crippen LogP contribution in [0.15, 0.2) is 0 Å². The van der Waals surface area contributed by atoms with Crippen LogP contribution in [0.1, 0.15) is 201 Å². The van der Waals surface area contributed by atoms with E-state index >= 15 is 0 Å². The smallest absolute Gasteiger partial charge is 0.322 e. The van der Waals surface area contributed by atoms with E-state index in [1.807, 2.05) is 0 Å². The minimum atomic E-state index is -3.50. The Morgan fingerprint density at radius 3 is 1.02 bits per heavy atom. The van der Waals surface area contributed by atoms with Crippen molar-refractivity contribution in [2.75, 3.05) is 20.0 Å². The van der Waals surface area contributed by atoms with Crippen molar-refractivity contribution < 1.29 is 13.8 Å². The van der Waals surface area contributed by atoms with Gasteiger partial charge >= 0.3 is 7.60 Å². The van der Waals surface area contributed by atoms with Crippen molar-refractivity contribution in [3.63, 3.8) is 0 Å². The first-order valence-corrected chi connectivity index (χ1v) is 22.6. The van der Waals surface area contributed by atoms with Gasteiger partial charge in [-0.1, -0.05) is 168 Å². The lowest BCUT2D eigenvalue weighted by Crippen LogP contribution is -2.32. The number of halogens is 1. The Morgan fingerprint density at radius 2 is 0.780 bits per heavy atom. The average molecular weight is 734 g/mol. The van der Waals surface area contributed by atoms with Gasteiger partial charge < -0.3 is 4.89 Å². The highest BCUT2D eigenvalue weighted by Crippen LogP contribution is 2.75. The molecule has 0 saturated carbocycles.